The predicted molar refractivity (Wildman–Crippen MR) is 103 cm³/mol. The Labute approximate surface area is 151 Å². The molecule has 1 aromatic heterocycles. The second kappa shape index (κ2) is 6.92. The molecular weight excluding hydrogens is 326 g/mol. The first-order valence-corrected chi connectivity index (χ1v) is 8.57. The minimum atomic E-state index is -0.244. The fourth-order valence-corrected chi connectivity index (χ4v) is 3.15. The lowest BCUT2D eigenvalue weighted by Crippen LogP contribution is -2.09. The number of nitrogens with one attached hydrogen (secondary N) is 1. The second-order valence-corrected chi connectivity index (χ2v) is 6.20. The molecule has 26 heavy (non-hydrogen) atoms. The molecule has 0 fully saturated rings. The van der Waals surface area contributed by atoms with Crippen LogP contribution in [0.1, 0.15) is 12.0 Å². The van der Waals surface area contributed by atoms with Crippen molar-refractivity contribution in [1.29, 1.82) is 0 Å². The van der Waals surface area contributed by atoms with Gasteiger partial charge in [-0.2, -0.15) is 0 Å². The summed E-state index contributed by atoms with van der Waals surface area (Å²) in [6.45, 7) is 0. The highest BCUT2D eigenvalue weighted by Crippen LogP contribution is 2.28. The maximum Gasteiger partial charge on any atom is 0.311 e. The number of benzene rings is 3. The molecule has 4 rings (SSSR count). The minimum Gasteiger partial charge on any atom is -0.497 e. The topological polar surface area (TPSA) is 51.3 Å². The van der Waals surface area contributed by atoms with Gasteiger partial charge in [0.2, 0.25) is 0 Å². The van der Waals surface area contributed by atoms with E-state index >= 15 is 0 Å². The molecule has 0 aliphatic rings. The fraction of sp³-hybridized carbons (Fsp3) is 0.136. The maximum absolute atomic E-state index is 12.2. The summed E-state index contributed by atoms with van der Waals surface area (Å²) in [5.74, 6) is 1.12. The van der Waals surface area contributed by atoms with Crippen LogP contribution in [0, 0.1) is 0 Å². The van der Waals surface area contributed by atoms with E-state index in [4.69, 9.17) is 9.47 Å². The first-order chi connectivity index (χ1) is 12.7. The van der Waals surface area contributed by atoms with E-state index in [-0.39, 0.29) is 5.97 Å². The van der Waals surface area contributed by atoms with Crippen LogP contribution >= 0.6 is 0 Å². The summed E-state index contributed by atoms with van der Waals surface area (Å²) in [5, 5.41) is 2.18. The third kappa shape index (κ3) is 3.26. The summed E-state index contributed by atoms with van der Waals surface area (Å²) in [4.78, 5) is 15.6. The Kier molecular flexibility index (Phi) is 4.32. The van der Waals surface area contributed by atoms with Crippen LogP contribution in [-0.2, 0) is 11.2 Å². The number of carbonyl (C=O) groups excluding carboxylic acids is 1. The Hall–Kier alpha value is -3.27. The summed E-state index contributed by atoms with van der Waals surface area (Å²) in [6, 6.07) is 21.5. The van der Waals surface area contributed by atoms with E-state index in [0.29, 0.717) is 18.6 Å². The van der Waals surface area contributed by atoms with Gasteiger partial charge in [-0.15, -0.1) is 0 Å². The maximum atomic E-state index is 12.2. The standard InChI is InChI=1S/C22H19NO3/c1-25-16-6-4-5-15(13-16)9-12-22(24)26-17-10-11-21-19(14-17)18-7-2-3-8-20(18)23-21/h2-8,10-11,13-14,23H,9,12H2,1H3. The molecule has 130 valence electrons. The number of methoxy groups -OCH3 is 1. The molecule has 0 saturated heterocycles. The average molecular weight is 345 g/mol. The van der Waals surface area contributed by atoms with Crippen LogP contribution in [0.5, 0.6) is 11.5 Å². The molecule has 4 aromatic rings. The quantitative estimate of drug-likeness (QED) is 0.415. The number of ether oxygens (including phenoxy) is 2. The number of esters is 1. The van der Waals surface area contributed by atoms with Gasteiger partial charge in [0.15, 0.2) is 0 Å². The molecule has 0 radical (unpaired) electrons. The average Bonchev–Trinajstić information content (AvgIpc) is 3.05. The minimum absolute atomic E-state index is 0.244. The number of carbonyl (C=O) groups is 1. The predicted octanol–water partition coefficient (Wildman–Crippen LogP) is 4.87. The first kappa shape index (κ1) is 16.2. The van der Waals surface area contributed by atoms with Gasteiger partial charge < -0.3 is 14.5 Å². The van der Waals surface area contributed by atoms with Crippen molar-refractivity contribution < 1.29 is 14.3 Å². The first-order valence-electron chi connectivity index (χ1n) is 8.57. The lowest BCUT2D eigenvalue weighted by Gasteiger charge is -2.06. The molecule has 1 heterocycles. The molecular formula is C22H19NO3. The third-order valence-electron chi connectivity index (χ3n) is 4.46. The van der Waals surface area contributed by atoms with E-state index in [2.05, 4.69) is 11.1 Å². The summed E-state index contributed by atoms with van der Waals surface area (Å²) >= 11 is 0. The highest BCUT2D eigenvalue weighted by molar-refractivity contribution is 6.07. The van der Waals surface area contributed by atoms with Crippen LogP contribution in [0.4, 0.5) is 0 Å². The van der Waals surface area contributed by atoms with Crippen molar-refractivity contribution in [2.24, 2.45) is 0 Å². The number of fused-ring (bicyclic) bond motifs is 3. The van der Waals surface area contributed by atoms with Crippen molar-refractivity contribution in [2.45, 2.75) is 12.8 Å². The fourth-order valence-electron chi connectivity index (χ4n) is 3.15. The zero-order chi connectivity index (χ0) is 17.9. The van der Waals surface area contributed by atoms with Crippen LogP contribution in [0.3, 0.4) is 0 Å². The molecule has 0 aliphatic heterocycles. The zero-order valence-electron chi connectivity index (χ0n) is 14.5. The molecule has 1 N–H and O–H groups in total. The van der Waals surface area contributed by atoms with Crippen molar-refractivity contribution in [3.63, 3.8) is 0 Å². The van der Waals surface area contributed by atoms with Crippen molar-refractivity contribution in [3.8, 4) is 11.5 Å². The highest BCUT2D eigenvalue weighted by atomic mass is 16.5. The Bertz CT molecular complexity index is 1080. The van der Waals surface area contributed by atoms with Crippen molar-refractivity contribution in [1.82, 2.24) is 4.98 Å². The van der Waals surface area contributed by atoms with Crippen LogP contribution in [0.25, 0.3) is 21.8 Å². The Morgan fingerprint density at radius 2 is 1.73 bits per heavy atom. The van der Waals surface area contributed by atoms with Gasteiger partial charge in [-0.1, -0.05) is 30.3 Å². The molecule has 0 bridgehead atoms. The summed E-state index contributed by atoms with van der Waals surface area (Å²) in [5.41, 5.74) is 3.15. The Balaban J connectivity index is 1.47. The normalized spacial score (nSPS) is 11.0. The van der Waals surface area contributed by atoms with Gasteiger partial charge in [-0.25, -0.2) is 0 Å². The molecule has 3 aromatic carbocycles. The van der Waals surface area contributed by atoms with E-state index in [1.165, 1.54) is 0 Å². The van der Waals surface area contributed by atoms with E-state index in [1.807, 2.05) is 60.7 Å². The molecule has 0 aliphatic carbocycles. The smallest absolute Gasteiger partial charge is 0.311 e. The second-order valence-electron chi connectivity index (χ2n) is 6.20. The third-order valence-corrected chi connectivity index (χ3v) is 4.46. The van der Waals surface area contributed by atoms with Crippen molar-refractivity contribution in [3.05, 3.63) is 72.3 Å². The van der Waals surface area contributed by atoms with E-state index < -0.39 is 0 Å². The van der Waals surface area contributed by atoms with E-state index in [0.717, 1.165) is 33.1 Å². The van der Waals surface area contributed by atoms with E-state index in [9.17, 15) is 4.79 Å². The number of aromatic nitrogens is 1. The lowest BCUT2D eigenvalue weighted by atomic mass is 10.1. The lowest BCUT2D eigenvalue weighted by molar-refractivity contribution is -0.134. The van der Waals surface area contributed by atoms with Crippen LogP contribution in [0.15, 0.2) is 66.7 Å². The monoisotopic (exact) mass is 345 g/mol. The molecule has 0 atom stereocenters. The van der Waals surface area contributed by atoms with Crippen LogP contribution in [0.2, 0.25) is 0 Å². The summed E-state index contributed by atoms with van der Waals surface area (Å²) < 4.78 is 10.7. The van der Waals surface area contributed by atoms with Crippen LogP contribution < -0.4 is 9.47 Å². The number of hydrogen-bond donors (Lipinski definition) is 1. The summed E-state index contributed by atoms with van der Waals surface area (Å²) in [6.07, 6.45) is 0.935. The zero-order valence-corrected chi connectivity index (χ0v) is 14.5. The van der Waals surface area contributed by atoms with Gasteiger partial charge in [-0.05, 0) is 48.4 Å². The molecule has 0 unspecified atom stereocenters. The largest absolute Gasteiger partial charge is 0.497 e. The Morgan fingerprint density at radius 1 is 0.885 bits per heavy atom. The van der Waals surface area contributed by atoms with Gasteiger partial charge in [0, 0.05) is 28.2 Å². The Morgan fingerprint density at radius 3 is 2.62 bits per heavy atom. The molecule has 4 heteroatoms. The van der Waals surface area contributed by atoms with Crippen LogP contribution in [-0.4, -0.2) is 18.1 Å². The number of rotatable bonds is 5. The molecule has 4 nitrogen and oxygen atoms in total. The van der Waals surface area contributed by atoms with Crippen molar-refractivity contribution in [2.75, 3.05) is 7.11 Å². The number of aryl methyl sites for hydroxylation is 1. The number of H-pyrrole nitrogens is 1. The summed E-state index contributed by atoms with van der Waals surface area (Å²) in [7, 11) is 1.63. The molecule has 0 saturated carbocycles. The molecule has 0 amide bonds. The van der Waals surface area contributed by atoms with Gasteiger partial charge in [0.05, 0.1) is 7.11 Å². The van der Waals surface area contributed by atoms with Gasteiger partial charge >= 0.3 is 5.97 Å². The van der Waals surface area contributed by atoms with Crippen molar-refractivity contribution >= 4 is 27.8 Å². The molecule has 0 spiro atoms. The van der Waals surface area contributed by atoms with E-state index in [1.54, 1.807) is 7.11 Å². The van der Waals surface area contributed by atoms with Gasteiger partial charge in [0.25, 0.3) is 0 Å². The van der Waals surface area contributed by atoms with Gasteiger partial charge in [0.1, 0.15) is 11.5 Å². The SMILES string of the molecule is COc1cccc(CCC(=O)Oc2ccc3[nH]c4ccccc4c3c2)c1. The number of aromatic amines is 1. The highest BCUT2D eigenvalue weighted by Gasteiger charge is 2.09. The number of hydrogen-bond acceptors (Lipinski definition) is 3. The van der Waals surface area contributed by atoms with Gasteiger partial charge in [-0.3, -0.25) is 4.79 Å². The number of para-hydroxylation sites is 1.